The molecule has 1 rings (SSSR count). The lowest BCUT2D eigenvalue weighted by molar-refractivity contribution is -0.00900. The second-order valence-electron chi connectivity index (χ2n) is 4.57. The SMILES string of the molecule is CCOC(C)(C)CNCc1cc(Cl)ccc1O. The number of hydrogen-bond donors (Lipinski definition) is 2. The monoisotopic (exact) mass is 257 g/mol. The van der Waals surface area contributed by atoms with Gasteiger partial charge in [-0.15, -0.1) is 0 Å². The molecule has 0 fully saturated rings. The summed E-state index contributed by atoms with van der Waals surface area (Å²) in [4.78, 5) is 0. The normalized spacial score (nSPS) is 11.8. The smallest absolute Gasteiger partial charge is 0.120 e. The third kappa shape index (κ3) is 4.94. The van der Waals surface area contributed by atoms with Gasteiger partial charge in [-0.1, -0.05) is 11.6 Å². The van der Waals surface area contributed by atoms with Gasteiger partial charge in [-0.05, 0) is 39.0 Å². The minimum absolute atomic E-state index is 0.205. The number of hydrogen-bond acceptors (Lipinski definition) is 3. The van der Waals surface area contributed by atoms with Crippen LogP contribution in [0.3, 0.4) is 0 Å². The van der Waals surface area contributed by atoms with Crippen molar-refractivity contribution >= 4 is 11.6 Å². The molecular weight excluding hydrogens is 238 g/mol. The second kappa shape index (κ2) is 6.24. The Labute approximate surface area is 108 Å². The minimum atomic E-state index is -0.205. The first kappa shape index (κ1) is 14.3. The van der Waals surface area contributed by atoms with E-state index in [1.165, 1.54) is 0 Å². The highest BCUT2D eigenvalue weighted by molar-refractivity contribution is 6.30. The van der Waals surface area contributed by atoms with Crippen molar-refractivity contribution in [3.63, 3.8) is 0 Å². The van der Waals surface area contributed by atoms with Crippen LogP contribution in [-0.2, 0) is 11.3 Å². The number of aromatic hydroxyl groups is 1. The van der Waals surface area contributed by atoms with Crippen molar-refractivity contribution in [3.05, 3.63) is 28.8 Å². The number of halogens is 1. The van der Waals surface area contributed by atoms with Crippen LogP contribution in [0, 0.1) is 0 Å². The molecule has 0 bridgehead atoms. The van der Waals surface area contributed by atoms with Crippen LogP contribution in [0.15, 0.2) is 18.2 Å². The maximum absolute atomic E-state index is 9.64. The third-order valence-electron chi connectivity index (χ3n) is 2.44. The lowest BCUT2D eigenvalue weighted by Crippen LogP contribution is -2.37. The maximum Gasteiger partial charge on any atom is 0.120 e. The zero-order valence-corrected chi connectivity index (χ0v) is 11.3. The number of ether oxygens (including phenoxy) is 1. The number of benzene rings is 1. The largest absolute Gasteiger partial charge is 0.508 e. The van der Waals surface area contributed by atoms with Gasteiger partial charge in [0.25, 0.3) is 0 Å². The molecule has 0 heterocycles. The summed E-state index contributed by atoms with van der Waals surface area (Å²) in [6, 6.07) is 5.04. The van der Waals surface area contributed by atoms with Crippen LogP contribution in [0.4, 0.5) is 0 Å². The van der Waals surface area contributed by atoms with Gasteiger partial charge in [0.1, 0.15) is 5.75 Å². The zero-order chi connectivity index (χ0) is 12.9. The summed E-state index contributed by atoms with van der Waals surface area (Å²) in [7, 11) is 0. The highest BCUT2D eigenvalue weighted by Gasteiger charge is 2.16. The van der Waals surface area contributed by atoms with Crippen LogP contribution >= 0.6 is 11.6 Å². The summed E-state index contributed by atoms with van der Waals surface area (Å²) in [6.45, 7) is 8.01. The highest BCUT2D eigenvalue weighted by atomic mass is 35.5. The molecule has 1 aromatic carbocycles. The van der Waals surface area contributed by atoms with Crippen molar-refractivity contribution in [3.8, 4) is 5.75 Å². The molecule has 0 aliphatic rings. The van der Waals surface area contributed by atoms with Gasteiger partial charge in [0, 0.05) is 30.3 Å². The number of nitrogens with one attached hydrogen (secondary N) is 1. The topological polar surface area (TPSA) is 41.5 Å². The molecule has 0 aliphatic heterocycles. The first-order valence-corrected chi connectivity index (χ1v) is 6.14. The van der Waals surface area contributed by atoms with Crippen molar-refractivity contribution in [2.24, 2.45) is 0 Å². The Morgan fingerprint density at radius 1 is 1.41 bits per heavy atom. The summed E-state index contributed by atoms with van der Waals surface area (Å²) in [5.41, 5.74) is 0.591. The molecule has 2 N–H and O–H groups in total. The molecule has 0 unspecified atom stereocenters. The second-order valence-corrected chi connectivity index (χ2v) is 5.01. The molecule has 0 aromatic heterocycles. The Kier molecular flexibility index (Phi) is 5.25. The van der Waals surface area contributed by atoms with E-state index >= 15 is 0 Å². The fraction of sp³-hybridized carbons (Fsp3) is 0.538. The molecule has 0 radical (unpaired) electrons. The molecule has 17 heavy (non-hydrogen) atoms. The summed E-state index contributed by atoms with van der Waals surface area (Å²) >= 11 is 5.87. The van der Waals surface area contributed by atoms with Gasteiger partial charge < -0.3 is 15.2 Å². The van der Waals surface area contributed by atoms with Crippen molar-refractivity contribution in [1.82, 2.24) is 5.32 Å². The lowest BCUT2D eigenvalue weighted by atomic mass is 10.1. The predicted octanol–water partition coefficient (Wildman–Crippen LogP) is 2.95. The van der Waals surface area contributed by atoms with Crippen LogP contribution in [0.1, 0.15) is 26.3 Å². The molecule has 3 nitrogen and oxygen atoms in total. The number of phenols is 1. The minimum Gasteiger partial charge on any atom is -0.508 e. The summed E-state index contributed by atoms with van der Waals surface area (Å²) in [5, 5.41) is 13.5. The Balaban J connectivity index is 2.48. The van der Waals surface area contributed by atoms with Crippen LogP contribution < -0.4 is 5.32 Å². The van der Waals surface area contributed by atoms with Crippen LogP contribution in [-0.4, -0.2) is 23.9 Å². The Hall–Kier alpha value is -0.770. The van der Waals surface area contributed by atoms with Gasteiger partial charge in [-0.2, -0.15) is 0 Å². The third-order valence-corrected chi connectivity index (χ3v) is 2.68. The molecular formula is C13H20ClNO2. The molecule has 0 aliphatic carbocycles. The molecule has 0 atom stereocenters. The van der Waals surface area contributed by atoms with Gasteiger partial charge in [0.15, 0.2) is 0 Å². The number of rotatable bonds is 6. The molecule has 0 saturated carbocycles. The fourth-order valence-electron chi connectivity index (χ4n) is 1.64. The van der Waals surface area contributed by atoms with E-state index in [-0.39, 0.29) is 11.4 Å². The van der Waals surface area contributed by atoms with Crippen LogP contribution in [0.2, 0.25) is 5.02 Å². The summed E-state index contributed by atoms with van der Waals surface area (Å²) in [6.07, 6.45) is 0. The zero-order valence-electron chi connectivity index (χ0n) is 10.6. The average molecular weight is 258 g/mol. The first-order valence-electron chi connectivity index (χ1n) is 5.76. The highest BCUT2D eigenvalue weighted by Crippen LogP contribution is 2.21. The van der Waals surface area contributed by atoms with Crippen LogP contribution in [0.5, 0.6) is 5.75 Å². The van der Waals surface area contributed by atoms with E-state index in [1.807, 2.05) is 20.8 Å². The fourth-order valence-corrected chi connectivity index (χ4v) is 1.83. The van der Waals surface area contributed by atoms with Crippen molar-refractivity contribution in [2.45, 2.75) is 32.9 Å². The quantitative estimate of drug-likeness (QED) is 0.823. The van der Waals surface area contributed by atoms with Crippen molar-refractivity contribution in [2.75, 3.05) is 13.2 Å². The molecule has 0 amide bonds. The summed E-state index contributed by atoms with van der Waals surface area (Å²) in [5.74, 6) is 0.260. The van der Waals surface area contributed by atoms with E-state index in [1.54, 1.807) is 18.2 Å². The number of phenolic OH excluding ortho intramolecular Hbond substituents is 1. The van der Waals surface area contributed by atoms with E-state index < -0.39 is 0 Å². The lowest BCUT2D eigenvalue weighted by Gasteiger charge is -2.25. The Bertz CT molecular complexity index is 366. The van der Waals surface area contributed by atoms with E-state index in [2.05, 4.69) is 5.32 Å². The van der Waals surface area contributed by atoms with Gasteiger partial charge >= 0.3 is 0 Å². The Morgan fingerprint density at radius 3 is 2.76 bits per heavy atom. The van der Waals surface area contributed by atoms with E-state index in [0.717, 1.165) is 5.56 Å². The van der Waals surface area contributed by atoms with Gasteiger partial charge in [-0.25, -0.2) is 0 Å². The van der Waals surface area contributed by atoms with E-state index in [0.29, 0.717) is 24.7 Å². The van der Waals surface area contributed by atoms with Crippen LogP contribution in [0.25, 0.3) is 0 Å². The van der Waals surface area contributed by atoms with E-state index in [4.69, 9.17) is 16.3 Å². The molecule has 0 saturated heterocycles. The average Bonchev–Trinajstić information content (AvgIpc) is 2.23. The van der Waals surface area contributed by atoms with Gasteiger partial charge in [-0.3, -0.25) is 0 Å². The van der Waals surface area contributed by atoms with Crippen molar-refractivity contribution in [1.29, 1.82) is 0 Å². The van der Waals surface area contributed by atoms with Crippen molar-refractivity contribution < 1.29 is 9.84 Å². The molecule has 1 aromatic rings. The molecule has 96 valence electrons. The standard InChI is InChI=1S/C13H20ClNO2/c1-4-17-13(2,3)9-15-8-10-7-11(14)5-6-12(10)16/h5-7,15-16H,4,8-9H2,1-3H3. The van der Waals surface area contributed by atoms with E-state index in [9.17, 15) is 5.11 Å². The summed E-state index contributed by atoms with van der Waals surface area (Å²) < 4.78 is 5.57. The maximum atomic E-state index is 9.64. The molecule has 4 heteroatoms. The first-order chi connectivity index (χ1) is 7.94. The predicted molar refractivity (Wildman–Crippen MR) is 70.5 cm³/mol. The Morgan fingerprint density at radius 2 is 2.12 bits per heavy atom. The van der Waals surface area contributed by atoms with Gasteiger partial charge in [0.2, 0.25) is 0 Å². The van der Waals surface area contributed by atoms with Gasteiger partial charge in [0.05, 0.1) is 5.60 Å². The molecule has 0 spiro atoms.